The first-order valence-electron chi connectivity index (χ1n) is 10.9. The second-order valence-corrected chi connectivity index (χ2v) is 7.77. The third-order valence-electron chi connectivity index (χ3n) is 5.52. The predicted octanol–water partition coefficient (Wildman–Crippen LogP) is 3.92. The van der Waals surface area contributed by atoms with E-state index in [4.69, 9.17) is 4.74 Å². The fourth-order valence-electron chi connectivity index (χ4n) is 3.70. The van der Waals surface area contributed by atoms with Crippen LogP contribution in [0.1, 0.15) is 54.9 Å². The number of aryl methyl sites for hydroxylation is 1. The number of Topliss-reactive ketones (excluding diaryl/α,β-unsaturated/α-hetero) is 1. The molecule has 1 N–H and O–H groups in total. The standard InChI is InChI=1S/C25H30N2O4/c1-3-4-5-8-18-11-13-19(14-12-18)21(28)15-16-24(29)27-17-23(25(30)26-2)31-22-10-7-6-9-20(22)27/h6-7,9-14,23H,3-5,8,15-17H2,1-2H3,(H,26,30)/t23-/m0/s1. The normalized spacial score (nSPS) is 15.0. The van der Waals surface area contributed by atoms with E-state index in [2.05, 4.69) is 12.2 Å². The molecule has 0 unspecified atom stereocenters. The summed E-state index contributed by atoms with van der Waals surface area (Å²) < 4.78 is 5.73. The molecular weight excluding hydrogens is 392 g/mol. The number of nitrogens with one attached hydrogen (secondary N) is 1. The number of anilines is 1. The summed E-state index contributed by atoms with van der Waals surface area (Å²) in [7, 11) is 1.53. The van der Waals surface area contributed by atoms with Gasteiger partial charge in [0.2, 0.25) is 5.91 Å². The molecule has 1 heterocycles. The maximum absolute atomic E-state index is 12.9. The van der Waals surface area contributed by atoms with Gasteiger partial charge in [-0.3, -0.25) is 14.4 Å². The van der Waals surface area contributed by atoms with Gasteiger partial charge in [-0.1, -0.05) is 56.2 Å². The molecule has 0 aliphatic carbocycles. The summed E-state index contributed by atoms with van der Waals surface area (Å²) in [5.41, 5.74) is 2.47. The number of rotatable bonds is 9. The minimum Gasteiger partial charge on any atom is -0.477 e. The van der Waals surface area contributed by atoms with Gasteiger partial charge in [-0.15, -0.1) is 0 Å². The molecule has 1 atom stereocenters. The number of hydrogen-bond donors (Lipinski definition) is 1. The number of nitrogens with zero attached hydrogens (tertiary/aromatic N) is 1. The van der Waals surface area contributed by atoms with E-state index in [-0.39, 0.29) is 37.0 Å². The van der Waals surface area contributed by atoms with Crippen LogP contribution in [0.5, 0.6) is 5.75 Å². The molecule has 6 nitrogen and oxygen atoms in total. The minimum atomic E-state index is -0.778. The molecule has 0 spiro atoms. The van der Waals surface area contributed by atoms with Gasteiger partial charge in [0.15, 0.2) is 11.9 Å². The molecule has 2 amide bonds. The van der Waals surface area contributed by atoms with Crippen LogP contribution in [0.2, 0.25) is 0 Å². The van der Waals surface area contributed by atoms with Gasteiger partial charge in [0.05, 0.1) is 12.2 Å². The van der Waals surface area contributed by atoms with E-state index < -0.39 is 6.10 Å². The van der Waals surface area contributed by atoms with Crippen molar-refractivity contribution >= 4 is 23.3 Å². The summed E-state index contributed by atoms with van der Waals surface area (Å²) in [6, 6.07) is 14.8. The Morgan fingerprint density at radius 1 is 1.03 bits per heavy atom. The number of amides is 2. The summed E-state index contributed by atoms with van der Waals surface area (Å²) in [6.07, 6.45) is 3.97. The number of para-hydroxylation sites is 2. The molecule has 1 aliphatic heterocycles. The zero-order valence-electron chi connectivity index (χ0n) is 18.2. The van der Waals surface area contributed by atoms with Gasteiger partial charge < -0.3 is 15.0 Å². The van der Waals surface area contributed by atoms with E-state index in [1.165, 1.54) is 25.5 Å². The number of fused-ring (bicyclic) bond motifs is 1. The van der Waals surface area contributed by atoms with E-state index >= 15 is 0 Å². The second kappa shape index (κ2) is 10.8. The molecule has 2 aromatic carbocycles. The number of carbonyl (C=O) groups is 3. The minimum absolute atomic E-state index is 0.0575. The number of carbonyl (C=O) groups excluding carboxylic acids is 3. The fraction of sp³-hybridized carbons (Fsp3) is 0.400. The molecule has 6 heteroatoms. The molecule has 0 aromatic heterocycles. The smallest absolute Gasteiger partial charge is 0.262 e. The van der Waals surface area contributed by atoms with Crippen molar-refractivity contribution in [3.05, 3.63) is 59.7 Å². The predicted molar refractivity (Wildman–Crippen MR) is 121 cm³/mol. The monoisotopic (exact) mass is 422 g/mol. The van der Waals surface area contributed by atoms with Crippen molar-refractivity contribution in [3.63, 3.8) is 0 Å². The number of ketones is 1. The lowest BCUT2D eigenvalue weighted by Gasteiger charge is -2.34. The van der Waals surface area contributed by atoms with Crippen LogP contribution in [0.15, 0.2) is 48.5 Å². The summed E-state index contributed by atoms with van der Waals surface area (Å²) in [6.45, 7) is 2.30. The Kier molecular flexibility index (Phi) is 7.82. The number of benzene rings is 2. The van der Waals surface area contributed by atoms with Crippen LogP contribution < -0.4 is 15.0 Å². The van der Waals surface area contributed by atoms with Crippen LogP contribution in [0.4, 0.5) is 5.69 Å². The van der Waals surface area contributed by atoms with E-state index in [0.29, 0.717) is 17.0 Å². The van der Waals surface area contributed by atoms with Crippen LogP contribution in [0.3, 0.4) is 0 Å². The molecule has 2 aromatic rings. The van der Waals surface area contributed by atoms with Crippen molar-refractivity contribution in [1.82, 2.24) is 5.32 Å². The highest BCUT2D eigenvalue weighted by molar-refractivity contribution is 6.02. The van der Waals surface area contributed by atoms with Crippen molar-refractivity contribution in [2.45, 2.75) is 51.6 Å². The molecule has 164 valence electrons. The van der Waals surface area contributed by atoms with Crippen LogP contribution in [0.25, 0.3) is 0 Å². The zero-order valence-corrected chi connectivity index (χ0v) is 18.2. The second-order valence-electron chi connectivity index (χ2n) is 7.77. The van der Waals surface area contributed by atoms with Gasteiger partial charge in [-0.25, -0.2) is 0 Å². The number of ether oxygens (including phenoxy) is 1. The molecule has 1 aliphatic rings. The highest BCUT2D eigenvalue weighted by Gasteiger charge is 2.33. The van der Waals surface area contributed by atoms with Crippen LogP contribution in [-0.2, 0) is 16.0 Å². The Labute approximate surface area is 183 Å². The van der Waals surface area contributed by atoms with E-state index in [0.717, 1.165) is 12.8 Å². The fourth-order valence-corrected chi connectivity index (χ4v) is 3.70. The third kappa shape index (κ3) is 5.72. The van der Waals surface area contributed by atoms with E-state index in [1.54, 1.807) is 23.1 Å². The Hall–Kier alpha value is -3.15. The molecule has 0 saturated carbocycles. The van der Waals surface area contributed by atoms with E-state index in [9.17, 15) is 14.4 Å². The van der Waals surface area contributed by atoms with Crippen LogP contribution >= 0.6 is 0 Å². The Morgan fingerprint density at radius 3 is 2.48 bits per heavy atom. The summed E-state index contributed by atoms with van der Waals surface area (Å²) in [5, 5.41) is 2.56. The van der Waals surface area contributed by atoms with Crippen LogP contribution in [-0.4, -0.2) is 37.3 Å². The zero-order chi connectivity index (χ0) is 22.2. The summed E-state index contributed by atoms with van der Waals surface area (Å²) in [4.78, 5) is 39.2. The Morgan fingerprint density at radius 2 is 1.77 bits per heavy atom. The molecule has 0 radical (unpaired) electrons. The first kappa shape index (κ1) is 22.5. The summed E-state index contributed by atoms with van der Waals surface area (Å²) >= 11 is 0. The van der Waals surface area contributed by atoms with Crippen molar-refractivity contribution in [3.8, 4) is 5.75 Å². The van der Waals surface area contributed by atoms with Gasteiger partial charge in [0.1, 0.15) is 5.75 Å². The highest BCUT2D eigenvalue weighted by Crippen LogP contribution is 2.33. The Bertz CT molecular complexity index is 923. The number of unbranched alkanes of at least 4 members (excludes halogenated alkanes) is 2. The van der Waals surface area contributed by atoms with Gasteiger partial charge >= 0.3 is 0 Å². The molecular formula is C25H30N2O4. The maximum atomic E-state index is 12.9. The molecule has 31 heavy (non-hydrogen) atoms. The lowest BCUT2D eigenvalue weighted by atomic mass is 10.0. The lowest BCUT2D eigenvalue weighted by Crippen LogP contribution is -2.50. The van der Waals surface area contributed by atoms with E-state index in [1.807, 2.05) is 30.3 Å². The average Bonchev–Trinajstić information content (AvgIpc) is 2.81. The third-order valence-corrected chi connectivity index (χ3v) is 5.52. The lowest BCUT2D eigenvalue weighted by molar-refractivity contribution is -0.127. The summed E-state index contributed by atoms with van der Waals surface area (Å²) in [5.74, 6) is -0.0601. The van der Waals surface area contributed by atoms with Crippen molar-refractivity contribution in [2.75, 3.05) is 18.5 Å². The quantitative estimate of drug-likeness (QED) is 0.491. The number of likely N-dealkylation sites (N-methyl/N-ethyl adjacent to an activating group) is 1. The molecule has 0 fully saturated rings. The first-order chi connectivity index (χ1) is 15.0. The van der Waals surface area contributed by atoms with Crippen molar-refractivity contribution < 1.29 is 19.1 Å². The van der Waals surface area contributed by atoms with Crippen LogP contribution in [0, 0.1) is 0 Å². The number of hydrogen-bond acceptors (Lipinski definition) is 4. The first-order valence-corrected chi connectivity index (χ1v) is 10.9. The van der Waals surface area contributed by atoms with Gasteiger partial charge in [-0.2, -0.15) is 0 Å². The van der Waals surface area contributed by atoms with Gasteiger partial charge in [-0.05, 0) is 30.5 Å². The largest absolute Gasteiger partial charge is 0.477 e. The SMILES string of the molecule is CCCCCc1ccc(C(=O)CCC(=O)N2C[C@@H](C(=O)NC)Oc3ccccc32)cc1. The van der Waals surface area contributed by atoms with Gasteiger partial charge in [0.25, 0.3) is 5.91 Å². The Balaban J connectivity index is 1.61. The maximum Gasteiger partial charge on any atom is 0.262 e. The molecule has 0 bridgehead atoms. The van der Waals surface area contributed by atoms with Crippen molar-refractivity contribution in [1.29, 1.82) is 0 Å². The van der Waals surface area contributed by atoms with Crippen molar-refractivity contribution in [2.24, 2.45) is 0 Å². The molecule has 3 rings (SSSR count). The topological polar surface area (TPSA) is 75.7 Å². The average molecular weight is 423 g/mol. The highest BCUT2D eigenvalue weighted by atomic mass is 16.5. The molecule has 0 saturated heterocycles. The van der Waals surface area contributed by atoms with Gasteiger partial charge in [0, 0.05) is 25.5 Å².